The Balaban J connectivity index is 0.000000212. The minimum Gasteiger partial charge on any atom is -0.476 e. The molecule has 0 aliphatic carbocycles. The van der Waals surface area contributed by atoms with Crippen LogP contribution in [0.15, 0.2) is 30.7 Å². The summed E-state index contributed by atoms with van der Waals surface area (Å²) < 4.78 is 0. The molecule has 0 aliphatic rings. The lowest BCUT2D eigenvalue weighted by Gasteiger charge is -1.96. The first-order valence-electron chi connectivity index (χ1n) is 4.20. The fourth-order valence-electron chi connectivity index (χ4n) is 0.812. The predicted octanol–water partition coefficient (Wildman–Crippen LogP) is 1.43. The van der Waals surface area contributed by atoms with E-state index in [-0.39, 0.29) is 16.7 Å². The predicted molar refractivity (Wildman–Crippen MR) is 59.2 cm³/mol. The molecule has 0 aliphatic heterocycles. The average molecular weight is 241 g/mol. The number of carbonyl (C=O) groups is 1. The number of nitrogens with zero attached hydrogens (tertiary/aromatic N) is 2. The van der Waals surface area contributed by atoms with Gasteiger partial charge in [0.25, 0.3) is 0 Å². The quantitative estimate of drug-likeness (QED) is 0.699. The lowest BCUT2D eigenvalue weighted by Crippen LogP contribution is -2.07. The second-order valence-electron chi connectivity index (χ2n) is 2.62. The molecule has 0 saturated carbocycles. The second-order valence-corrected chi connectivity index (χ2v) is 3.00. The number of hydrogen-bond acceptors (Lipinski definition) is 4. The highest BCUT2D eigenvalue weighted by atomic mass is 35.5. The van der Waals surface area contributed by atoms with Crippen LogP contribution in [-0.4, -0.2) is 26.0 Å². The van der Waals surface area contributed by atoms with Crippen LogP contribution in [0.3, 0.4) is 0 Å². The number of aromatic carboxylic acids is 1. The number of nitrogen functional groups attached to an aromatic ring is 1. The van der Waals surface area contributed by atoms with E-state index < -0.39 is 5.97 Å². The molecule has 0 radical (unpaired) electrons. The maximum absolute atomic E-state index is 10.3. The molecule has 0 bridgehead atoms. The van der Waals surface area contributed by atoms with Gasteiger partial charge in [0, 0.05) is 12.4 Å². The molecule has 2 aromatic rings. The summed E-state index contributed by atoms with van der Waals surface area (Å²) in [5.41, 5.74) is 4.86. The summed E-state index contributed by atoms with van der Waals surface area (Å²) in [6.07, 6.45) is 4.93. The SMILES string of the molecule is Nc1ncc(Cl)nc1C(=O)O.c1cc[nH]c1. The zero-order chi connectivity index (χ0) is 12.0. The van der Waals surface area contributed by atoms with Crippen molar-refractivity contribution in [2.75, 3.05) is 5.73 Å². The van der Waals surface area contributed by atoms with E-state index >= 15 is 0 Å². The molecular weight excluding hydrogens is 232 g/mol. The molecule has 0 aromatic carbocycles. The monoisotopic (exact) mass is 240 g/mol. The average Bonchev–Trinajstić information content (AvgIpc) is 2.79. The minimum absolute atomic E-state index is 0.0107. The number of H-pyrrole nitrogens is 1. The van der Waals surface area contributed by atoms with Crippen LogP contribution in [0.2, 0.25) is 5.15 Å². The number of aromatic amines is 1. The van der Waals surface area contributed by atoms with E-state index in [1.165, 1.54) is 6.20 Å². The highest BCUT2D eigenvalue weighted by Crippen LogP contribution is 2.08. The van der Waals surface area contributed by atoms with E-state index in [0.717, 1.165) is 0 Å². The number of carboxylic acid groups (broad SMARTS) is 1. The van der Waals surface area contributed by atoms with Gasteiger partial charge in [0.05, 0.1) is 6.20 Å². The summed E-state index contributed by atoms with van der Waals surface area (Å²) in [6.45, 7) is 0. The van der Waals surface area contributed by atoms with Crippen molar-refractivity contribution < 1.29 is 9.90 Å². The molecule has 84 valence electrons. The van der Waals surface area contributed by atoms with Crippen LogP contribution in [0.25, 0.3) is 0 Å². The van der Waals surface area contributed by atoms with Gasteiger partial charge in [0.15, 0.2) is 11.5 Å². The lowest BCUT2D eigenvalue weighted by molar-refractivity contribution is 0.0691. The van der Waals surface area contributed by atoms with Gasteiger partial charge in [-0.2, -0.15) is 0 Å². The van der Waals surface area contributed by atoms with Crippen molar-refractivity contribution in [1.82, 2.24) is 15.0 Å². The molecule has 2 aromatic heterocycles. The smallest absolute Gasteiger partial charge is 0.358 e. The van der Waals surface area contributed by atoms with E-state index in [0.29, 0.717) is 0 Å². The number of nitrogens with two attached hydrogens (primary N) is 1. The third-order valence-corrected chi connectivity index (χ3v) is 1.65. The molecule has 7 heteroatoms. The van der Waals surface area contributed by atoms with Gasteiger partial charge in [0.2, 0.25) is 0 Å². The first-order chi connectivity index (χ1) is 7.61. The van der Waals surface area contributed by atoms with Crippen LogP contribution >= 0.6 is 11.6 Å². The zero-order valence-electron chi connectivity index (χ0n) is 8.09. The highest BCUT2D eigenvalue weighted by Gasteiger charge is 2.10. The van der Waals surface area contributed by atoms with Gasteiger partial charge in [-0.3, -0.25) is 0 Å². The fourth-order valence-corrected chi connectivity index (χ4v) is 0.945. The Kier molecular flexibility index (Phi) is 4.28. The second kappa shape index (κ2) is 5.72. The van der Waals surface area contributed by atoms with Crippen molar-refractivity contribution in [2.45, 2.75) is 0 Å². The third kappa shape index (κ3) is 3.58. The summed E-state index contributed by atoms with van der Waals surface area (Å²) in [7, 11) is 0. The first-order valence-corrected chi connectivity index (χ1v) is 4.58. The van der Waals surface area contributed by atoms with E-state index in [1.807, 2.05) is 24.5 Å². The lowest BCUT2D eigenvalue weighted by atomic mass is 10.4. The molecule has 0 spiro atoms. The van der Waals surface area contributed by atoms with E-state index in [2.05, 4.69) is 15.0 Å². The number of nitrogens with one attached hydrogen (secondary N) is 1. The molecule has 0 atom stereocenters. The first kappa shape index (κ1) is 12.0. The third-order valence-electron chi connectivity index (χ3n) is 1.47. The summed E-state index contributed by atoms with van der Waals surface area (Å²) in [5.74, 6) is -1.38. The molecule has 0 amide bonds. The van der Waals surface area contributed by atoms with Gasteiger partial charge in [-0.15, -0.1) is 0 Å². The largest absolute Gasteiger partial charge is 0.476 e. The maximum Gasteiger partial charge on any atom is 0.358 e. The molecule has 0 saturated heterocycles. The molecule has 6 nitrogen and oxygen atoms in total. The summed E-state index contributed by atoms with van der Waals surface area (Å²) in [4.78, 5) is 20.1. The summed E-state index contributed by atoms with van der Waals surface area (Å²) >= 11 is 5.37. The van der Waals surface area contributed by atoms with E-state index in [4.69, 9.17) is 22.4 Å². The van der Waals surface area contributed by atoms with Crippen LogP contribution in [0.5, 0.6) is 0 Å². The number of halogens is 1. The van der Waals surface area contributed by atoms with E-state index in [9.17, 15) is 4.79 Å². The molecule has 2 heterocycles. The molecule has 16 heavy (non-hydrogen) atoms. The van der Waals surface area contributed by atoms with Crippen LogP contribution in [-0.2, 0) is 0 Å². The molecule has 0 fully saturated rings. The highest BCUT2D eigenvalue weighted by molar-refractivity contribution is 6.29. The van der Waals surface area contributed by atoms with Crippen molar-refractivity contribution in [2.24, 2.45) is 0 Å². The van der Waals surface area contributed by atoms with Gasteiger partial charge in [0.1, 0.15) is 5.15 Å². The Labute approximate surface area is 96.1 Å². The number of hydrogen-bond donors (Lipinski definition) is 3. The van der Waals surface area contributed by atoms with Crippen LogP contribution in [0.1, 0.15) is 10.5 Å². The van der Waals surface area contributed by atoms with Crippen LogP contribution in [0, 0.1) is 0 Å². The van der Waals surface area contributed by atoms with Crippen LogP contribution < -0.4 is 5.73 Å². The maximum atomic E-state index is 10.3. The molecular formula is C9H9ClN4O2. The Morgan fingerprint density at radius 2 is 2.06 bits per heavy atom. The van der Waals surface area contributed by atoms with Crippen molar-refractivity contribution >= 4 is 23.4 Å². The Morgan fingerprint density at radius 3 is 2.44 bits per heavy atom. The standard InChI is InChI=1S/C5H4ClN3O2.C4H5N/c6-2-1-8-4(7)3(9-2)5(10)11;1-2-4-5-3-1/h1H,(H2,7,8)(H,10,11);1-5H. The molecule has 2 rings (SSSR count). The van der Waals surface area contributed by atoms with Gasteiger partial charge in [-0.05, 0) is 12.1 Å². The fraction of sp³-hybridized carbons (Fsp3) is 0. The normalized spacial score (nSPS) is 9.06. The van der Waals surface area contributed by atoms with Gasteiger partial charge >= 0.3 is 5.97 Å². The topological polar surface area (TPSA) is 105 Å². The number of aromatic nitrogens is 3. The zero-order valence-corrected chi connectivity index (χ0v) is 8.85. The Morgan fingerprint density at radius 1 is 1.44 bits per heavy atom. The van der Waals surface area contributed by atoms with Crippen molar-refractivity contribution in [3.05, 3.63) is 41.6 Å². The Bertz CT molecular complexity index is 441. The van der Waals surface area contributed by atoms with Gasteiger partial charge in [-0.1, -0.05) is 11.6 Å². The minimum atomic E-state index is -1.24. The molecule has 0 unspecified atom stereocenters. The van der Waals surface area contributed by atoms with Crippen molar-refractivity contribution in [3.63, 3.8) is 0 Å². The number of carboxylic acids is 1. The summed E-state index contributed by atoms with van der Waals surface area (Å²) in [5, 5.41) is 8.46. The van der Waals surface area contributed by atoms with Crippen LogP contribution in [0.4, 0.5) is 5.82 Å². The van der Waals surface area contributed by atoms with Crippen molar-refractivity contribution in [1.29, 1.82) is 0 Å². The van der Waals surface area contributed by atoms with Crippen molar-refractivity contribution in [3.8, 4) is 0 Å². The molecule has 4 N–H and O–H groups in total. The van der Waals surface area contributed by atoms with E-state index in [1.54, 1.807) is 0 Å². The van der Waals surface area contributed by atoms with Gasteiger partial charge in [-0.25, -0.2) is 14.8 Å². The number of rotatable bonds is 1. The Hall–Kier alpha value is -2.08. The summed E-state index contributed by atoms with van der Waals surface area (Å²) in [6, 6.07) is 3.89. The van der Waals surface area contributed by atoms with Gasteiger partial charge < -0.3 is 15.8 Å². The number of anilines is 1.